The van der Waals surface area contributed by atoms with Gasteiger partial charge < -0.3 is 20.3 Å². The SMILES string of the molecule is CN1CCCC1CCNC(=O)c1ccc(C2=C3C(=O)c4c(NC(=O)NN5CCOCC5)cccc4C3N=N2)s1. The van der Waals surface area contributed by atoms with Gasteiger partial charge >= 0.3 is 6.03 Å². The third-order valence-corrected chi connectivity index (χ3v) is 8.77. The number of ether oxygens (including phenoxy) is 1. The molecule has 12 heteroatoms. The van der Waals surface area contributed by atoms with Crippen molar-refractivity contribution in [3.8, 4) is 0 Å². The van der Waals surface area contributed by atoms with Crippen molar-refractivity contribution in [2.75, 3.05) is 51.8 Å². The average molecular weight is 550 g/mol. The fourth-order valence-electron chi connectivity index (χ4n) is 5.62. The van der Waals surface area contributed by atoms with E-state index in [-0.39, 0.29) is 11.7 Å². The molecule has 3 N–H and O–H groups in total. The Morgan fingerprint density at radius 2 is 2.00 bits per heavy atom. The number of thiophene rings is 1. The van der Waals surface area contributed by atoms with Crippen LogP contribution in [0.15, 0.2) is 46.1 Å². The molecule has 0 radical (unpaired) electrons. The molecule has 2 unspecified atom stereocenters. The first kappa shape index (κ1) is 25.8. The number of carbonyl (C=O) groups is 3. The number of anilines is 1. The van der Waals surface area contributed by atoms with Crippen LogP contribution in [0.2, 0.25) is 0 Å². The van der Waals surface area contributed by atoms with Gasteiger partial charge in [-0.2, -0.15) is 10.2 Å². The fourth-order valence-corrected chi connectivity index (χ4v) is 6.54. The molecule has 0 saturated carbocycles. The maximum atomic E-state index is 13.6. The van der Waals surface area contributed by atoms with Gasteiger partial charge in [0.1, 0.15) is 11.7 Å². The molecular weight excluding hydrogens is 518 g/mol. The lowest BCUT2D eigenvalue weighted by molar-refractivity contribution is 0.0207. The number of azo groups is 1. The van der Waals surface area contributed by atoms with Gasteiger partial charge in [-0.15, -0.1) is 11.3 Å². The predicted molar refractivity (Wildman–Crippen MR) is 147 cm³/mol. The van der Waals surface area contributed by atoms with Crippen molar-refractivity contribution in [1.82, 2.24) is 20.7 Å². The van der Waals surface area contributed by atoms with E-state index in [0.29, 0.717) is 71.9 Å². The molecule has 2 saturated heterocycles. The van der Waals surface area contributed by atoms with Crippen molar-refractivity contribution >= 4 is 40.4 Å². The van der Waals surface area contributed by atoms with Gasteiger partial charge in [0.05, 0.1) is 39.8 Å². The number of urea groups is 1. The van der Waals surface area contributed by atoms with E-state index in [1.165, 1.54) is 24.2 Å². The Balaban J connectivity index is 1.15. The number of hydrogen-bond donors (Lipinski definition) is 3. The number of Topliss-reactive ketones (excluding diaryl/α,β-unsaturated/α-hetero) is 1. The monoisotopic (exact) mass is 549 g/mol. The number of hydrogen-bond acceptors (Lipinski definition) is 9. The highest BCUT2D eigenvalue weighted by atomic mass is 32.1. The summed E-state index contributed by atoms with van der Waals surface area (Å²) < 4.78 is 5.31. The van der Waals surface area contributed by atoms with Crippen molar-refractivity contribution in [3.05, 3.63) is 56.8 Å². The summed E-state index contributed by atoms with van der Waals surface area (Å²) in [6.07, 6.45) is 3.31. The number of amides is 3. The zero-order valence-electron chi connectivity index (χ0n) is 21.7. The third kappa shape index (κ3) is 5.12. The first-order chi connectivity index (χ1) is 19.0. The highest BCUT2D eigenvalue weighted by Gasteiger charge is 2.42. The first-order valence-electron chi connectivity index (χ1n) is 13.3. The summed E-state index contributed by atoms with van der Waals surface area (Å²) in [5.41, 5.74) is 5.34. The van der Waals surface area contributed by atoms with Gasteiger partial charge in [-0.25, -0.2) is 9.80 Å². The number of nitrogens with one attached hydrogen (secondary N) is 3. The van der Waals surface area contributed by atoms with E-state index in [4.69, 9.17) is 4.74 Å². The zero-order valence-corrected chi connectivity index (χ0v) is 22.6. The van der Waals surface area contributed by atoms with Gasteiger partial charge in [0.25, 0.3) is 5.91 Å². The van der Waals surface area contributed by atoms with Crippen LogP contribution in [0.25, 0.3) is 5.70 Å². The van der Waals surface area contributed by atoms with Crippen LogP contribution >= 0.6 is 11.3 Å². The van der Waals surface area contributed by atoms with Gasteiger partial charge in [0, 0.05) is 25.7 Å². The largest absolute Gasteiger partial charge is 0.379 e. The van der Waals surface area contributed by atoms with E-state index < -0.39 is 12.1 Å². The molecule has 39 heavy (non-hydrogen) atoms. The van der Waals surface area contributed by atoms with E-state index in [0.717, 1.165) is 17.8 Å². The van der Waals surface area contributed by atoms with Gasteiger partial charge in [-0.1, -0.05) is 12.1 Å². The molecule has 2 fully saturated rings. The Labute approximate surface area is 230 Å². The molecule has 0 bridgehead atoms. The third-order valence-electron chi connectivity index (χ3n) is 7.68. The molecule has 204 valence electrons. The molecule has 1 aromatic heterocycles. The van der Waals surface area contributed by atoms with E-state index in [2.05, 4.69) is 38.2 Å². The molecule has 4 heterocycles. The number of carbonyl (C=O) groups excluding carboxylic acids is 3. The van der Waals surface area contributed by atoms with Crippen LogP contribution in [0.1, 0.15) is 55.8 Å². The molecule has 4 aliphatic rings. The maximum Gasteiger partial charge on any atom is 0.333 e. The van der Waals surface area contributed by atoms with E-state index in [1.54, 1.807) is 23.2 Å². The lowest BCUT2D eigenvalue weighted by Crippen LogP contribution is -2.49. The van der Waals surface area contributed by atoms with Gasteiger partial charge in [0.15, 0.2) is 5.78 Å². The smallest absolute Gasteiger partial charge is 0.333 e. The van der Waals surface area contributed by atoms with Crippen molar-refractivity contribution < 1.29 is 19.1 Å². The number of fused-ring (bicyclic) bond motifs is 3. The van der Waals surface area contributed by atoms with Crippen LogP contribution in [0.4, 0.5) is 10.5 Å². The molecule has 2 atom stereocenters. The summed E-state index contributed by atoms with van der Waals surface area (Å²) in [6.45, 7) is 4.02. The molecule has 11 nitrogen and oxygen atoms in total. The number of morpholine rings is 1. The lowest BCUT2D eigenvalue weighted by Gasteiger charge is -2.27. The Morgan fingerprint density at radius 1 is 1.15 bits per heavy atom. The summed E-state index contributed by atoms with van der Waals surface area (Å²) in [7, 11) is 2.13. The number of likely N-dealkylation sites (tertiary alicyclic amines) is 1. The van der Waals surface area contributed by atoms with Crippen molar-refractivity contribution in [3.63, 3.8) is 0 Å². The number of hydrazine groups is 1. The van der Waals surface area contributed by atoms with Crippen LogP contribution < -0.4 is 16.1 Å². The molecule has 1 aliphatic carbocycles. The second-order valence-electron chi connectivity index (χ2n) is 10.1. The summed E-state index contributed by atoms with van der Waals surface area (Å²) in [4.78, 5) is 42.7. The highest BCUT2D eigenvalue weighted by molar-refractivity contribution is 7.15. The second-order valence-corrected chi connectivity index (χ2v) is 11.2. The quantitative estimate of drug-likeness (QED) is 0.486. The Kier molecular flexibility index (Phi) is 7.26. The fraction of sp³-hybridized carbons (Fsp3) is 0.444. The summed E-state index contributed by atoms with van der Waals surface area (Å²) >= 11 is 1.30. The summed E-state index contributed by atoms with van der Waals surface area (Å²) in [6, 6.07) is 8.52. The second kappa shape index (κ2) is 11.0. The van der Waals surface area contributed by atoms with Crippen LogP contribution in [0, 0.1) is 0 Å². The topological polar surface area (TPSA) is 128 Å². The van der Waals surface area contributed by atoms with Gasteiger partial charge in [-0.3, -0.25) is 15.0 Å². The van der Waals surface area contributed by atoms with Crippen LogP contribution in [-0.4, -0.2) is 80.1 Å². The number of nitrogens with zero attached hydrogens (tertiary/aromatic N) is 4. The zero-order chi connectivity index (χ0) is 26.9. The summed E-state index contributed by atoms with van der Waals surface area (Å²) in [5, 5.41) is 16.4. The first-order valence-corrected chi connectivity index (χ1v) is 14.1. The molecule has 0 spiro atoms. The maximum absolute atomic E-state index is 13.6. The minimum atomic E-state index is -0.519. The number of rotatable bonds is 7. The predicted octanol–water partition coefficient (Wildman–Crippen LogP) is 3.45. The molecule has 2 aromatic rings. The minimum absolute atomic E-state index is 0.122. The van der Waals surface area contributed by atoms with Crippen molar-refractivity contribution in [1.29, 1.82) is 0 Å². The highest BCUT2D eigenvalue weighted by Crippen LogP contribution is 2.49. The Bertz CT molecular complexity index is 1360. The van der Waals surface area contributed by atoms with E-state index in [9.17, 15) is 14.4 Å². The molecule has 3 aliphatic heterocycles. The molecule has 1 aromatic carbocycles. The summed E-state index contributed by atoms with van der Waals surface area (Å²) in [5.74, 6) is -0.333. The van der Waals surface area contributed by atoms with Crippen molar-refractivity contribution in [2.24, 2.45) is 10.2 Å². The van der Waals surface area contributed by atoms with Gasteiger partial charge in [-0.05, 0) is 56.6 Å². The van der Waals surface area contributed by atoms with E-state index >= 15 is 0 Å². The number of benzene rings is 1. The Morgan fingerprint density at radius 3 is 2.79 bits per heavy atom. The van der Waals surface area contributed by atoms with Crippen molar-refractivity contribution in [2.45, 2.75) is 31.3 Å². The minimum Gasteiger partial charge on any atom is -0.379 e. The molecule has 3 amide bonds. The number of ketones is 1. The van der Waals surface area contributed by atoms with Crippen LogP contribution in [-0.2, 0) is 4.74 Å². The van der Waals surface area contributed by atoms with Crippen LogP contribution in [0.5, 0.6) is 0 Å². The molecular formula is C27H31N7O4S. The lowest BCUT2D eigenvalue weighted by atomic mass is 10.1. The van der Waals surface area contributed by atoms with Gasteiger partial charge in [0.2, 0.25) is 0 Å². The molecule has 6 rings (SSSR count). The standard InChI is InChI=1S/C27H31N7O4S/c1-33-11-3-4-16(33)9-10-28-26(36)20-8-7-19(39-20)24-22-23(30-31-24)17-5-2-6-18(21(17)25(22)35)29-27(37)32-34-12-14-38-15-13-34/h2,5-8,16,23H,3-4,9-15H2,1H3,(H,28,36)(H2,29,32,37). The van der Waals surface area contributed by atoms with E-state index in [1.807, 2.05) is 12.1 Å². The van der Waals surface area contributed by atoms with Crippen LogP contribution in [0.3, 0.4) is 0 Å². The normalized spacial score (nSPS) is 22.7. The Hall–Kier alpha value is -3.45. The average Bonchev–Trinajstić information content (AvgIpc) is 3.72.